The van der Waals surface area contributed by atoms with Crippen LogP contribution in [0.15, 0.2) is 21.9 Å². The number of aromatic amines is 1. The Bertz CT molecular complexity index is 800. The number of amides is 1. The molecule has 0 aliphatic heterocycles. The lowest BCUT2D eigenvalue weighted by molar-refractivity contribution is 0.0950. The number of rotatable bonds is 5. The fourth-order valence-corrected chi connectivity index (χ4v) is 2.15. The molecule has 8 heteroatoms. The summed E-state index contributed by atoms with van der Waals surface area (Å²) >= 11 is 0. The minimum absolute atomic E-state index is 0.0757. The summed E-state index contributed by atoms with van der Waals surface area (Å²) in [6, 6.07) is 1.99. The summed E-state index contributed by atoms with van der Waals surface area (Å²) in [4.78, 5) is 36.9. The van der Waals surface area contributed by atoms with Gasteiger partial charge < -0.3 is 9.88 Å². The molecular weight excluding hydrogens is 286 g/mol. The number of carbonyl (C=O) groups is 1. The van der Waals surface area contributed by atoms with Crippen LogP contribution in [0.25, 0.3) is 0 Å². The van der Waals surface area contributed by atoms with Crippen molar-refractivity contribution >= 4 is 5.91 Å². The van der Waals surface area contributed by atoms with Gasteiger partial charge in [0.15, 0.2) is 0 Å². The van der Waals surface area contributed by atoms with E-state index < -0.39 is 17.2 Å². The molecule has 0 aromatic carbocycles. The van der Waals surface area contributed by atoms with Crippen LogP contribution in [-0.4, -0.2) is 31.8 Å². The van der Waals surface area contributed by atoms with Crippen molar-refractivity contribution in [1.29, 1.82) is 0 Å². The Kier molecular flexibility index (Phi) is 4.59. The molecule has 2 aromatic heterocycles. The SMILES string of the molecule is Cc1cc(C)n(CCCNC(=O)c2cn(C)c(=O)[nH]c2=O)n1. The zero-order chi connectivity index (χ0) is 16.3. The average molecular weight is 305 g/mol. The number of carbonyl (C=O) groups excluding carboxylic acids is 1. The maximum Gasteiger partial charge on any atom is 0.328 e. The predicted molar refractivity (Wildman–Crippen MR) is 81.0 cm³/mol. The quantitative estimate of drug-likeness (QED) is 0.741. The molecule has 0 fully saturated rings. The van der Waals surface area contributed by atoms with E-state index in [0.29, 0.717) is 19.5 Å². The van der Waals surface area contributed by atoms with Crippen molar-refractivity contribution in [2.75, 3.05) is 6.54 Å². The number of hydrogen-bond acceptors (Lipinski definition) is 4. The number of nitrogens with zero attached hydrogens (tertiary/aromatic N) is 3. The molecule has 0 saturated carbocycles. The highest BCUT2D eigenvalue weighted by Crippen LogP contribution is 2.02. The first kappa shape index (κ1) is 15.7. The number of hydrogen-bond donors (Lipinski definition) is 2. The van der Waals surface area contributed by atoms with Gasteiger partial charge in [-0.1, -0.05) is 0 Å². The third-order valence-electron chi connectivity index (χ3n) is 3.29. The number of H-pyrrole nitrogens is 1. The van der Waals surface area contributed by atoms with Crippen LogP contribution < -0.4 is 16.6 Å². The normalized spacial score (nSPS) is 10.7. The van der Waals surface area contributed by atoms with E-state index in [-0.39, 0.29) is 5.56 Å². The van der Waals surface area contributed by atoms with Gasteiger partial charge in [0.2, 0.25) is 0 Å². The van der Waals surface area contributed by atoms with E-state index in [4.69, 9.17) is 0 Å². The summed E-state index contributed by atoms with van der Waals surface area (Å²) in [5, 5.41) is 7.00. The molecule has 8 nitrogen and oxygen atoms in total. The molecule has 0 unspecified atom stereocenters. The molecule has 0 spiro atoms. The monoisotopic (exact) mass is 305 g/mol. The summed E-state index contributed by atoms with van der Waals surface area (Å²) < 4.78 is 3.03. The second-order valence-electron chi connectivity index (χ2n) is 5.17. The largest absolute Gasteiger partial charge is 0.352 e. The van der Waals surface area contributed by atoms with Crippen LogP contribution in [0, 0.1) is 13.8 Å². The van der Waals surface area contributed by atoms with E-state index in [1.807, 2.05) is 24.6 Å². The highest BCUT2D eigenvalue weighted by molar-refractivity contribution is 5.93. The van der Waals surface area contributed by atoms with E-state index >= 15 is 0 Å². The van der Waals surface area contributed by atoms with Crippen molar-refractivity contribution in [3.8, 4) is 0 Å². The lowest BCUT2D eigenvalue weighted by Gasteiger charge is -2.07. The van der Waals surface area contributed by atoms with Crippen LogP contribution in [0.2, 0.25) is 0 Å². The molecule has 1 amide bonds. The van der Waals surface area contributed by atoms with E-state index in [2.05, 4.69) is 15.4 Å². The van der Waals surface area contributed by atoms with Crippen molar-refractivity contribution < 1.29 is 4.79 Å². The van der Waals surface area contributed by atoms with Crippen molar-refractivity contribution in [3.05, 3.63) is 50.1 Å². The summed E-state index contributed by atoms with van der Waals surface area (Å²) in [7, 11) is 1.47. The molecule has 0 atom stereocenters. The number of aromatic nitrogens is 4. The molecule has 22 heavy (non-hydrogen) atoms. The van der Waals surface area contributed by atoms with Crippen LogP contribution in [0.1, 0.15) is 28.2 Å². The lowest BCUT2D eigenvalue weighted by Crippen LogP contribution is -2.36. The highest BCUT2D eigenvalue weighted by Gasteiger charge is 2.11. The van der Waals surface area contributed by atoms with Gasteiger partial charge in [-0.3, -0.25) is 19.3 Å². The Morgan fingerprint density at radius 1 is 1.36 bits per heavy atom. The van der Waals surface area contributed by atoms with Crippen LogP contribution >= 0.6 is 0 Å². The van der Waals surface area contributed by atoms with Gasteiger partial charge in [0.1, 0.15) is 5.56 Å². The summed E-state index contributed by atoms with van der Waals surface area (Å²) in [6.07, 6.45) is 1.93. The second kappa shape index (κ2) is 6.42. The van der Waals surface area contributed by atoms with E-state index in [1.165, 1.54) is 13.2 Å². The molecule has 0 aliphatic rings. The maximum atomic E-state index is 11.9. The van der Waals surface area contributed by atoms with Crippen molar-refractivity contribution in [1.82, 2.24) is 24.6 Å². The first-order chi connectivity index (χ1) is 10.4. The Labute approximate surface area is 126 Å². The molecule has 0 radical (unpaired) electrons. The molecule has 2 rings (SSSR count). The van der Waals surface area contributed by atoms with Gasteiger partial charge in [-0.25, -0.2) is 4.79 Å². The Morgan fingerprint density at radius 3 is 2.73 bits per heavy atom. The van der Waals surface area contributed by atoms with Crippen LogP contribution in [0.5, 0.6) is 0 Å². The van der Waals surface area contributed by atoms with Gasteiger partial charge in [-0.15, -0.1) is 0 Å². The maximum absolute atomic E-state index is 11.9. The number of aryl methyl sites for hydroxylation is 4. The minimum Gasteiger partial charge on any atom is -0.352 e. The summed E-state index contributed by atoms with van der Waals surface area (Å²) in [5.74, 6) is -0.495. The molecule has 0 aliphatic carbocycles. The van der Waals surface area contributed by atoms with E-state index in [1.54, 1.807) is 0 Å². The Balaban J connectivity index is 1.91. The molecular formula is C14H19N5O3. The molecule has 2 heterocycles. The van der Waals surface area contributed by atoms with Gasteiger partial charge >= 0.3 is 5.69 Å². The first-order valence-corrected chi connectivity index (χ1v) is 6.97. The zero-order valence-corrected chi connectivity index (χ0v) is 12.8. The molecule has 2 aromatic rings. The fourth-order valence-electron chi connectivity index (χ4n) is 2.15. The Morgan fingerprint density at radius 2 is 2.09 bits per heavy atom. The van der Waals surface area contributed by atoms with Crippen molar-refractivity contribution in [2.24, 2.45) is 7.05 Å². The van der Waals surface area contributed by atoms with Crippen molar-refractivity contribution in [2.45, 2.75) is 26.8 Å². The Hall–Kier alpha value is -2.64. The molecule has 0 bridgehead atoms. The third-order valence-corrected chi connectivity index (χ3v) is 3.29. The van der Waals surface area contributed by atoms with Crippen LogP contribution in [0.3, 0.4) is 0 Å². The molecule has 2 N–H and O–H groups in total. The van der Waals surface area contributed by atoms with E-state index in [9.17, 15) is 14.4 Å². The standard InChI is InChI=1S/C14H19N5O3/c1-9-7-10(2)19(17-9)6-4-5-15-12(20)11-8-18(3)14(22)16-13(11)21/h7-8H,4-6H2,1-3H3,(H,15,20)(H,16,21,22). The summed E-state index contributed by atoms with van der Waals surface area (Å²) in [6.45, 7) is 5.00. The third kappa shape index (κ3) is 3.51. The predicted octanol–water partition coefficient (Wildman–Crippen LogP) is -0.293. The number of nitrogens with one attached hydrogen (secondary N) is 2. The first-order valence-electron chi connectivity index (χ1n) is 6.97. The van der Waals surface area contributed by atoms with Gasteiger partial charge in [-0.05, 0) is 26.3 Å². The lowest BCUT2D eigenvalue weighted by atomic mass is 10.3. The van der Waals surface area contributed by atoms with Gasteiger partial charge in [0, 0.05) is 32.0 Å². The smallest absolute Gasteiger partial charge is 0.328 e. The highest BCUT2D eigenvalue weighted by atomic mass is 16.2. The van der Waals surface area contributed by atoms with E-state index in [0.717, 1.165) is 16.0 Å². The van der Waals surface area contributed by atoms with Gasteiger partial charge in [0.05, 0.1) is 5.69 Å². The van der Waals surface area contributed by atoms with Crippen LogP contribution in [0.4, 0.5) is 0 Å². The molecule has 0 saturated heterocycles. The fraction of sp³-hybridized carbons (Fsp3) is 0.429. The summed E-state index contributed by atoms with van der Waals surface area (Å²) in [5.41, 5.74) is 0.718. The zero-order valence-electron chi connectivity index (χ0n) is 12.8. The van der Waals surface area contributed by atoms with Crippen LogP contribution in [-0.2, 0) is 13.6 Å². The van der Waals surface area contributed by atoms with Gasteiger partial charge in [-0.2, -0.15) is 5.10 Å². The molecule has 118 valence electrons. The average Bonchev–Trinajstić information content (AvgIpc) is 2.77. The second-order valence-corrected chi connectivity index (χ2v) is 5.17. The van der Waals surface area contributed by atoms with Gasteiger partial charge in [0.25, 0.3) is 11.5 Å². The van der Waals surface area contributed by atoms with Crippen molar-refractivity contribution in [3.63, 3.8) is 0 Å². The topological polar surface area (TPSA) is 102 Å². The minimum atomic E-state index is -0.681.